The van der Waals surface area contributed by atoms with E-state index in [1.165, 1.54) is 5.57 Å². The topological polar surface area (TPSA) is 34.1 Å². The van der Waals surface area contributed by atoms with Gasteiger partial charge >= 0.3 is 0 Å². The van der Waals surface area contributed by atoms with Crippen molar-refractivity contribution in [3.8, 4) is 5.75 Å². The second kappa shape index (κ2) is 9.42. The molecule has 0 saturated heterocycles. The van der Waals surface area contributed by atoms with E-state index in [9.17, 15) is 0 Å². The molecule has 1 heterocycles. The lowest BCUT2D eigenvalue weighted by molar-refractivity contribution is 0.0720. The van der Waals surface area contributed by atoms with Crippen LogP contribution >= 0.6 is 0 Å². The van der Waals surface area contributed by atoms with Crippen LogP contribution in [0, 0.1) is 0 Å². The van der Waals surface area contributed by atoms with E-state index in [1.807, 2.05) is 49.8 Å². The molecule has 1 unspecified atom stereocenters. The lowest BCUT2D eigenvalue weighted by Crippen LogP contribution is -2.13. The zero-order valence-electron chi connectivity index (χ0n) is 17.4. The Kier molecular flexibility index (Phi) is 6.26. The average Bonchev–Trinajstić information content (AvgIpc) is 2.96. The number of methoxy groups -OCH3 is 1. The quantitative estimate of drug-likeness (QED) is 0.650. The van der Waals surface area contributed by atoms with Gasteiger partial charge in [-0.3, -0.25) is 4.99 Å². The zero-order chi connectivity index (χ0) is 20.8. The van der Waals surface area contributed by atoms with Gasteiger partial charge in [-0.25, -0.2) is 0 Å². The minimum Gasteiger partial charge on any atom is -0.497 e. The standard InChI is InChI=1S/C26H26N2O2/c1-28-17-16-27-25(24-8-3-4-9-26(24)28)15-12-20-6-5-7-23(18-20)30-19-21-10-13-22(29-2)14-11-21/h3-17,23H,18-19H2,1-2H3. The molecule has 1 aliphatic heterocycles. The number of fused-ring (bicyclic) bond motifs is 1. The number of allylic oxidation sites excluding steroid dienone is 4. The summed E-state index contributed by atoms with van der Waals surface area (Å²) in [7, 11) is 3.71. The van der Waals surface area contributed by atoms with Crippen molar-refractivity contribution >= 4 is 11.4 Å². The molecule has 4 nitrogen and oxygen atoms in total. The van der Waals surface area contributed by atoms with Crippen molar-refractivity contribution < 1.29 is 9.47 Å². The molecule has 0 aromatic heterocycles. The molecule has 4 heteroatoms. The van der Waals surface area contributed by atoms with Gasteiger partial charge in [0.25, 0.3) is 0 Å². The lowest BCUT2D eigenvalue weighted by atomic mass is 10.00. The van der Waals surface area contributed by atoms with Crippen molar-refractivity contribution in [3.05, 3.63) is 108 Å². The molecule has 0 amide bonds. The molecule has 0 bridgehead atoms. The first-order valence-corrected chi connectivity index (χ1v) is 10.1. The predicted octanol–water partition coefficient (Wildman–Crippen LogP) is 5.43. The molecule has 30 heavy (non-hydrogen) atoms. The summed E-state index contributed by atoms with van der Waals surface area (Å²) in [6.07, 6.45) is 15.3. The number of anilines is 1. The Bertz CT molecular complexity index is 1030. The van der Waals surface area contributed by atoms with Gasteiger partial charge in [0.2, 0.25) is 0 Å². The molecular formula is C26H26N2O2. The van der Waals surface area contributed by atoms with E-state index in [-0.39, 0.29) is 6.10 Å². The summed E-state index contributed by atoms with van der Waals surface area (Å²) in [5.41, 5.74) is 5.58. The second-order valence-corrected chi connectivity index (χ2v) is 7.30. The maximum Gasteiger partial charge on any atom is 0.118 e. The summed E-state index contributed by atoms with van der Waals surface area (Å²) in [6.45, 7) is 0.577. The van der Waals surface area contributed by atoms with Gasteiger partial charge in [0.05, 0.1) is 25.5 Å². The lowest BCUT2D eigenvalue weighted by Gasteiger charge is -2.18. The molecule has 4 rings (SSSR count). The van der Waals surface area contributed by atoms with Gasteiger partial charge in [-0.15, -0.1) is 0 Å². The van der Waals surface area contributed by atoms with E-state index in [4.69, 9.17) is 9.47 Å². The van der Waals surface area contributed by atoms with E-state index in [0.717, 1.165) is 34.7 Å². The third-order valence-corrected chi connectivity index (χ3v) is 5.22. The highest BCUT2D eigenvalue weighted by Gasteiger charge is 2.13. The van der Waals surface area contributed by atoms with Crippen molar-refractivity contribution in [2.75, 3.05) is 19.1 Å². The number of rotatable bonds is 6. The van der Waals surface area contributed by atoms with E-state index < -0.39 is 0 Å². The highest BCUT2D eigenvalue weighted by atomic mass is 16.5. The second-order valence-electron chi connectivity index (χ2n) is 7.30. The highest BCUT2D eigenvalue weighted by molar-refractivity contribution is 6.13. The van der Waals surface area contributed by atoms with Crippen LogP contribution in [0.15, 0.2) is 102 Å². The Balaban J connectivity index is 1.39. The van der Waals surface area contributed by atoms with Crippen molar-refractivity contribution in [1.82, 2.24) is 0 Å². The monoisotopic (exact) mass is 398 g/mol. The smallest absolute Gasteiger partial charge is 0.118 e. The fraction of sp³-hybridized carbons (Fsp3) is 0.192. The summed E-state index contributed by atoms with van der Waals surface area (Å²) in [5.74, 6) is 0.857. The Morgan fingerprint density at radius 2 is 1.93 bits per heavy atom. The van der Waals surface area contributed by atoms with Gasteiger partial charge in [0, 0.05) is 37.1 Å². The molecule has 2 aromatic carbocycles. The number of benzene rings is 2. The molecule has 1 aliphatic carbocycles. The number of para-hydroxylation sites is 1. The van der Waals surface area contributed by atoms with E-state index >= 15 is 0 Å². The normalized spacial score (nSPS) is 18.1. The summed E-state index contributed by atoms with van der Waals surface area (Å²) >= 11 is 0. The Labute approximate surface area is 178 Å². The van der Waals surface area contributed by atoms with Crippen molar-refractivity contribution in [1.29, 1.82) is 0 Å². The summed E-state index contributed by atoms with van der Waals surface area (Å²) in [5, 5.41) is 0. The fourth-order valence-electron chi connectivity index (χ4n) is 3.51. The summed E-state index contributed by atoms with van der Waals surface area (Å²) in [6, 6.07) is 16.3. The van der Waals surface area contributed by atoms with Crippen LogP contribution in [0.1, 0.15) is 17.5 Å². The molecule has 2 aromatic rings. The number of ether oxygens (including phenoxy) is 2. The first-order chi connectivity index (χ1) is 14.7. The van der Waals surface area contributed by atoms with Gasteiger partial charge in [-0.2, -0.15) is 0 Å². The molecule has 0 spiro atoms. The average molecular weight is 399 g/mol. The van der Waals surface area contributed by atoms with Gasteiger partial charge < -0.3 is 14.4 Å². The third kappa shape index (κ3) is 4.78. The highest BCUT2D eigenvalue weighted by Crippen LogP contribution is 2.24. The van der Waals surface area contributed by atoms with Gasteiger partial charge in [0.15, 0.2) is 0 Å². The number of aliphatic imine (C=N–C) groups is 1. The SMILES string of the molecule is COc1ccc(COC2C=CC=C(C=CC3=NC=CN(C)c4ccccc43)C2)cc1. The first kappa shape index (κ1) is 19.9. The van der Waals surface area contributed by atoms with Crippen LogP contribution in [0.25, 0.3) is 0 Å². The molecule has 152 valence electrons. The molecule has 0 N–H and O–H groups in total. The first-order valence-electron chi connectivity index (χ1n) is 10.1. The maximum atomic E-state index is 6.10. The van der Waals surface area contributed by atoms with Crippen LogP contribution in [0.3, 0.4) is 0 Å². The Morgan fingerprint density at radius 1 is 1.10 bits per heavy atom. The minimum atomic E-state index is 0.0612. The third-order valence-electron chi connectivity index (χ3n) is 5.22. The van der Waals surface area contributed by atoms with E-state index in [0.29, 0.717) is 6.61 Å². The predicted molar refractivity (Wildman–Crippen MR) is 123 cm³/mol. The van der Waals surface area contributed by atoms with Gasteiger partial charge in [-0.1, -0.05) is 54.6 Å². The Morgan fingerprint density at radius 3 is 2.77 bits per heavy atom. The van der Waals surface area contributed by atoms with Gasteiger partial charge in [0.1, 0.15) is 5.75 Å². The van der Waals surface area contributed by atoms with E-state index in [2.05, 4.69) is 58.5 Å². The van der Waals surface area contributed by atoms with Crippen molar-refractivity contribution in [3.63, 3.8) is 0 Å². The van der Waals surface area contributed by atoms with Crippen LogP contribution in [0.5, 0.6) is 5.75 Å². The van der Waals surface area contributed by atoms with Crippen molar-refractivity contribution in [2.24, 2.45) is 4.99 Å². The largest absolute Gasteiger partial charge is 0.497 e. The molecule has 0 radical (unpaired) electrons. The molecule has 1 atom stereocenters. The van der Waals surface area contributed by atoms with Crippen LogP contribution in [0.2, 0.25) is 0 Å². The number of nitrogens with zero attached hydrogens (tertiary/aromatic N) is 2. The molecule has 0 saturated carbocycles. The van der Waals surface area contributed by atoms with E-state index in [1.54, 1.807) is 7.11 Å². The van der Waals surface area contributed by atoms with Crippen molar-refractivity contribution in [2.45, 2.75) is 19.1 Å². The zero-order valence-corrected chi connectivity index (χ0v) is 17.4. The molecule has 0 fully saturated rings. The molecular weight excluding hydrogens is 372 g/mol. The maximum absolute atomic E-state index is 6.10. The fourth-order valence-corrected chi connectivity index (χ4v) is 3.51. The summed E-state index contributed by atoms with van der Waals surface area (Å²) in [4.78, 5) is 6.72. The number of hydrogen-bond acceptors (Lipinski definition) is 4. The minimum absolute atomic E-state index is 0.0612. The van der Waals surface area contributed by atoms with Crippen LogP contribution in [-0.4, -0.2) is 26.0 Å². The van der Waals surface area contributed by atoms with Crippen LogP contribution in [-0.2, 0) is 11.3 Å². The van der Waals surface area contributed by atoms with Crippen LogP contribution < -0.4 is 9.64 Å². The molecule has 2 aliphatic rings. The number of hydrogen-bond donors (Lipinski definition) is 0. The Hall–Kier alpha value is -3.37. The summed E-state index contributed by atoms with van der Waals surface area (Å²) < 4.78 is 11.3. The van der Waals surface area contributed by atoms with Crippen LogP contribution in [0.4, 0.5) is 5.69 Å². The van der Waals surface area contributed by atoms with Gasteiger partial charge in [-0.05, 0) is 35.4 Å².